The maximum absolute atomic E-state index is 13.8. The van der Waals surface area contributed by atoms with Crippen LogP contribution in [0.5, 0.6) is 0 Å². The minimum absolute atomic E-state index is 0.0305. The van der Waals surface area contributed by atoms with Crippen LogP contribution in [-0.4, -0.2) is 84.6 Å². The number of carbonyl (C=O) groups excluding carboxylic acids is 1. The molecule has 13 heteroatoms. The number of halogens is 1. The van der Waals surface area contributed by atoms with Crippen molar-refractivity contribution in [2.75, 3.05) is 45.2 Å². The summed E-state index contributed by atoms with van der Waals surface area (Å²) in [6.07, 6.45) is 6.78. The van der Waals surface area contributed by atoms with Gasteiger partial charge in [0.15, 0.2) is 5.65 Å². The molecule has 3 fully saturated rings. The number of anilines is 1. The fourth-order valence-electron chi connectivity index (χ4n) is 6.34. The van der Waals surface area contributed by atoms with Gasteiger partial charge in [0.2, 0.25) is 0 Å². The number of hydrogen-bond acceptors (Lipinski definition) is 8. The van der Waals surface area contributed by atoms with Crippen LogP contribution in [0, 0.1) is 23.1 Å². The first-order chi connectivity index (χ1) is 20.6. The van der Waals surface area contributed by atoms with E-state index in [0.29, 0.717) is 17.4 Å². The molecule has 2 aliphatic heterocycles. The van der Waals surface area contributed by atoms with Crippen molar-refractivity contribution in [3.05, 3.63) is 47.5 Å². The van der Waals surface area contributed by atoms with Crippen molar-refractivity contribution in [1.29, 1.82) is 5.26 Å². The average molecular weight is 609 g/mol. The third kappa shape index (κ3) is 5.83. The van der Waals surface area contributed by atoms with E-state index < -0.39 is 16.1 Å². The summed E-state index contributed by atoms with van der Waals surface area (Å²) in [5.74, 6) is -0.812. The average Bonchev–Trinajstić information content (AvgIpc) is 3.35. The second-order valence-electron chi connectivity index (χ2n) is 12.0. The lowest BCUT2D eigenvalue weighted by atomic mass is 9.82. The zero-order valence-corrected chi connectivity index (χ0v) is 25.4. The zero-order chi connectivity index (χ0) is 30.3. The largest absolute Gasteiger partial charge is 0.371 e. The minimum Gasteiger partial charge on any atom is -0.371 e. The van der Waals surface area contributed by atoms with Crippen LogP contribution in [-0.2, 0) is 10.2 Å². The number of amides is 1. The molecule has 1 amide bonds. The van der Waals surface area contributed by atoms with Gasteiger partial charge in [-0.3, -0.25) is 4.79 Å². The predicted octanol–water partition coefficient (Wildman–Crippen LogP) is 3.57. The Kier molecular flexibility index (Phi) is 8.10. The Morgan fingerprint density at radius 2 is 1.72 bits per heavy atom. The number of rotatable bonds is 7. The first kappa shape index (κ1) is 29.5. The van der Waals surface area contributed by atoms with E-state index in [1.54, 1.807) is 22.9 Å². The van der Waals surface area contributed by atoms with Crippen molar-refractivity contribution in [2.45, 2.75) is 56.9 Å². The second-order valence-corrected chi connectivity index (χ2v) is 13.9. The Morgan fingerprint density at radius 1 is 1.05 bits per heavy atom. The number of hydrogen-bond donors (Lipinski definition) is 1. The Morgan fingerprint density at radius 3 is 2.30 bits per heavy atom. The molecule has 0 unspecified atom stereocenters. The molecule has 43 heavy (non-hydrogen) atoms. The van der Waals surface area contributed by atoms with Gasteiger partial charge in [0.25, 0.3) is 5.91 Å². The smallest absolute Gasteiger partial charge is 0.303 e. The summed E-state index contributed by atoms with van der Waals surface area (Å²) in [5.41, 5.74) is 2.74. The topological polar surface area (TPSA) is 127 Å². The maximum atomic E-state index is 13.8. The van der Waals surface area contributed by atoms with Gasteiger partial charge in [0.1, 0.15) is 11.5 Å². The molecular formula is C30H37FN8O3S. The van der Waals surface area contributed by atoms with Crippen LogP contribution in [0.25, 0.3) is 16.7 Å². The van der Waals surface area contributed by atoms with Gasteiger partial charge >= 0.3 is 10.2 Å². The summed E-state index contributed by atoms with van der Waals surface area (Å²) in [6, 6.07) is 10.5. The highest BCUT2D eigenvalue weighted by atomic mass is 32.2. The highest BCUT2D eigenvalue weighted by molar-refractivity contribution is 7.87. The normalized spacial score (nSPS) is 19.5. The molecule has 228 valence electrons. The van der Waals surface area contributed by atoms with Gasteiger partial charge in [0, 0.05) is 45.1 Å². The maximum Gasteiger partial charge on any atom is 0.303 e. The third-order valence-corrected chi connectivity index (χ3v) is 10.6. The van der Waals surface area contributed by atoms with E-state index in [9.17, 15) is 22.9 Å². The second kappa shape index (κ2) is 11.8. The molecule has 4 heterocycles. The number of nitrogens with one attached hydrogen (secondary N) is 1. The zero-order valence-electron chi connectivity index (χ0n) is 24.5. The molecule has 2 saturated heterocycles. The molecule has 1 aromatic carbocycles. The lowest BCUT2D eigenvalue weighted by molar-refractivity contribution is 0.0975. The Bertz CT molecular complexity index is 1650. The molecule has 1 saturated carbocycles. The van der Waals surface area contributed by atoms with E-state index in [4.69, 9.17) is 5.10 Å². The minimum atomic E-state index is -4.04. The van der Waals surface area contributed by atoms with Crippen molar-refractivity contribution in [3.8, 4) is 11.8 Å². The van der Waals surface area contributed by atoms with Crippen LogP contribution >= 0.6 is 0 Å². The van der Waals surface area contributed by atoms with Gasteiger partial charge < -0.3 is 9.80 Å². The standard InChI is InChI=1S/C30H37FN8O3S/c1-36(2)43(41,42)35-30(40)25-18-26(38-16-12-23(13-17-38)37-14-10-20(19-32)11-15-37)27-28(21-4-3-5-21)34-39(29(27)33-25)24-8-6-22(31)7-9-24/h6-9,18,20-21,23H,3-5,10-17H2,1-2H3,(H,35,40). The van der Waals surface area contributed by atoms with Crippen LogP contribution < -0.4 is 9.62 Å². The number of carbonyl (C=O) groups is 1. The van der Waals surface area contributed by atoms with E-state index in [0.717, 1.165) is 92.2 Å². The van der Waals surface area contributed by atoms with Crippen LogP contribution in [0.1, 0.15) is 67.0 Å². The summed E-state index contributed by atoms with van der Waals surface area (Å²) >= 11 is 0. The summed E-state index contributed by atoms with van der Waals surface area (Å²) in [5, 5.41) is 15.1. The quantitative estimate of drug-likeness (QED) is 0.431. The molecule has 3 aromatic rings. The summed E-state index contributed by atoms with van der Waals surface area (Å²) < 4.78 is 43.6. The van der Waals surface area contributed by atoms with Crippen LogP contribution in [0.15, 0.2) is 30.3 Å². The lowest BCUT2D eigenvalue weighted by Crippen LogP contribution is -2.47. The number of fused-ring (bicyclic) bond motifs is 1. The Hall–Kier alpha value is -3.60. The van der Waals surface area contributed by atoms with Gasteiger partial charge in [-0.2, -0.15) is 23.1 Å². The first-order valence-electron chi connectivity index (χ1n) is 15.0. The molecule has 1 aliphatic carbocycles. The van der Waals surface area contributed by atoms with E-state index in [1.807, 2.05) is 0 Å². The molecule has 11 nitrogen and oxygen atoms in total. The Balaban J connectivity index is 1.40. The summed E-state index contributed by atoms with van der Waals surface area (Å²) in [7, 11) is -1.35. The fraction of sp³-hybridized carbons (Fsp3) is 0.533. The number of benzene rings is 1. The SMILES string of the molecule is CN(C)S(=O)(=O)NC(=O)c1cc(N2CCC(N3CCC(C#N)CC3)CC2)c2c(C3CCC3)nn(-c3ccc(F)cc3)c2n1. The lowest BCUT2D eigenvalue weighted by Gasteiger charge is -2.42. The molecule has 0 radical (unpaired) electrons. The molecule has 1 N–H and O–H groups in total. The number of piperidine rings is 2. The van der Waals surface area contributed by atoms with Crippen molar-refractivity contribution in [1.82, 2.24) is 28.7 Å². The third-order valence-electron chi connectivity index (χ3n) is 9.18. The molecule has 0 bridgehead atoms. The van der Waals surface area contributed by atoms with Gasteiger partial charge in [-0.1, -0.05) is 6.42 Å². The van der Waals surface area contributed by atoms with Crippen LogP contribution in [0.4, 0.5) is 10.1 Å². The number of nitrogens with zero attached hydrogens (tertiary/aromatic N) is 7. The number of aromatic nitrogens is 3. The predicted molar refractivity (Wildman–Crippen MR) is 161 cm³/mol. The van der Waals surface area contributed by atoms with Gasteiger partial charge in [-0.25, -0.2) is 18.8 Å². The van der Waals surface area contributed by atoms with E-state index in [-0.39, 0.29) is 23.3 Å². The summed E-state index contributed by atoms with van der Waals surface area (Å²) in [4.78, 5) is 22.8. The van der Waals surface area contributed by atoms with Gasteiger partial charge in [-0.15, -0.1) is 0 Å². The number of nitriles is 1. The van der Waals surface area contributed by atoms with E-state index in [1.165, 1.54) is 26.2 Å². The Labute approximate surface area is 251 Å². The van der Waals surface area contributed by atoms with E-state index >= 15 is 0 Å². The molecule has 3 aliphatic rings. The van der Waals surface area contributed by atoms with Gasteiger partial charge in [0.05, 0.1) is 28.5 Å². The van der Waals surface area contributed by atoms with Gasteiger partial charge in [-0.05, 0) is 81.9 Å². The molecule has 0 atom stereocenters. The van der Waals surface area contributed by atoms with Crippen molar-refractivity contribution >= 4 is 32.8 Å². The molecule has 6 rings (SSSR count). The highest BCUT2D eigenvalue weighted by Crippen LogP contribution is 2.43. The molecule has 2 aromatic heterocycles. The van der Waals surface area contributed by atoms with E-state index in [2.05, 4.69) is 25.6 Å². The first-order valence-corrected chi connectivity index (χ1v) is 16.4. The fourth-order valence-corrected chi connectivity index (χ4v) is 6.87. The van der Waals surface area contributed by atoms with Crippen LogP contribution in [0.2, 0.25) is 0 Å². The van der Waals surface area contributed by atoms with Crippen molar-refractivity contribution in [3.63, 3.8) is 0 Å². The molecular weight excluding hydrogens is 571 g/mol. The number of likely N-dealkylation sites (tertiary alicyclic amines) is 1. The van der Waals surface area contributed by atoms with Crippen molar-refractivity contribution < 1.29 is 17.6 Å². The van der Waals surface area contributed by atoms with Crippen LogP contribution in [0.3, 0.4) is 0 Å². The highest BCUT2D eigenvalue weighted by Gasteiger charge is 2.33. The number of pyridine rings is 1. The monoisotopic (exact) mass is 608 g/mol. The summed E-state index contributed by atoms with van der Waals surface area (Å²) in [6.45, 7) is 3.38. The molecule has 0 spiro atoms. The van der Waals surface area contributed by atoms with Crippen molar-refractivity contribution in [2.24, 2.45) is 5.92 Å².